The molecule has 3 heteroatoms. The smallest absolute Gasteiger partial charge is 0.0640 e. The third kappa shape index (κ3) is 3.35. The minimum absolute atomic E-state index is 1.08. The molecule has 0 aliphatic rings. The van der Waals surface area contributed by atoms with Gasteiger partial charge in [0.15, 0.2) is 0 Å². The van der Waals surface area contributed by atoms with Crippen molar-refractivity contribution in [1.82, 2.24) is 0 Å². The fourth-order valence-electron chi connectivity index (χ4n) is 4.01. The highest BCUT2D eigenvalue weighted by atomic mass is 79.9. The van der Waals surface area contributed by atoms with Crippen molar-refractivity contribution in [1.29, 1.82) is 0 Å². The maximum atomic E-state index is 3.58. The van der Waals surface area contributed by atoms with Gasteiger partial charge >= 0.3 is 0 Å². The van der Waals surface area contributed by atoms with Gasteiger partial charge in [-0.2, -0.15) is 0 Å². The highest BCUT2D eigenvalue weighted by Gasteiger charge is 2.18. The van der Waals surface area contributed by atoms with Crippen LogP contribution in [0.4, 0.5) is 17.1 Å². The standard InChI is InChI=1S/C26H20BrNS/c1-17-14-18(2)16-21(15-17)28(20-12-10-19(27)11-13-20)24-8-5-7-23-22-6-3-4-9-25(22)29-26(23)24/h3-16H,1-2H3. The zero-order valence-corrected chi connectivity index (χ0v) is 18.7. The number of thiophene rings is 1. The summed E-state index contributed by atoms with van der Waals surface area (Å²) in [5, 5.41) is 2.64. The molecule has 29 heavy (non-hydrogen) atoms. The van der Waals surface area contributed by atoms with Gasteiger partial charge in [0, 0.05) is 31.3 Å². The van der Waals surface area contributed by atoms with E-state index in [0.717, 1.165) is 10.2 Å². The molecule has 1 aromatic heterocycles. The van der Waals surface area contributed by atoms with Gasteiger partial charge in [0.25, 0.3) is 0 Å². The van der Waals surface area contributed by atoms with Crippen LogP contribution in [0, 0.1) is 13.8 Å². The van der Waals surface area contributed by atoms with E-state index in [0.29, 0.717) is 0 Å². The third-order valence-corrected chi connectivity index (χ3v) is 6.91. The Morgan fingerprint density at radius 2 is 1.38 bits per heavy atom. The lowest BCUT2D eigenvalue weighted by Crippen LogP contribution is -2.10. The van der Waals surface area contributed by atoms with Crippen LogP contribution in [0.25, 0.3) is 20.2 Å². The number of halogens is 1. The zero-order valence-electron chi connectivity index (χ0n) is 16.3. The lowest BCUT2D eigenvalue weighted by Gasteiger charge is -2.27. The Bertz CT molecular complexity index is 1310. The second-order valence-electron chi connectivity index (χ2n) is 7.41. The average Bonchev–Trinajstić information content (AvgIpc) is 3.09. The lowest BCUT2D eigenvalue weighted by molar-refractivity contribution is 1.26. The summed E-state index contributed by atoms with van der Waals surface area (Å²) in [6.07, 6.45) is 0. The van der Waals surface area contributed by atoms with E-state index in [2.05, 4.69) is 120 Å². The second kappa shape index (κ2) is 7.33. The summed E-state index contributed by atoms with van der Waals surface area (Å²) in [6, 6.07) is 30.6. The van der Waals surface area contributed by atoms with Crippen molar-refractivity contribution in [2.24, 2.45) is 0 Å². The Kier molecular flexibility index (Phi) is 4.65. The van der Waals surface area contributed by atoms with Crippen molar-refractivity contribution in [3.63, 3.8) is 0 Å². The number of nitrogens with zero attached hydrogens (tertiary/aromatic N) is 1. The van der Waals surface area contributed by atoms with Crippen molar-refractivity contribution >= 4 is 64.5 Å². The summed E-state index contributed by atoms with van der Waals surface area (Å²) in [4.78, 5) is 2.38. The van der Waals surface area contributed by atoms with Crippen LogP contribution < -0.4 is 4.90 Å². The van der Waals surface area contributed by atoms with Crippen molar-refractivity contribution in [2.75, 3.05) is 4.90 Å². The Morgan fingerprint density at radius 3 is 2.14 bits per heavy atom. The summed E-state index contributed by atoms with van der Waals surface area (Å²) in [7, 11) is 0. The molecule has 0 saturated heterocycles. The topological polar surface area (TPSA) is 3.24 Å². The van der Waals surface area contributed by atoms with E-state index >= 15 is 0 Å². The molecule has 0 saturated carbocycles. The van der Waals surface area contributed by atoms with Crippen LogP contribution in [-0.2, 0) is 0 Å². The molecule has 0 amide bonds. The van der Waals surface area contributed by atoms with Crippen LogP contribution in [0.1, 0.15) is 11.1 Å². The van der Waals surface area contributed by atoms with Gasteiger partial charge in [-0.1, -0.05) is 52.3 Å². The van der Waals surface area contributed by atoms with E-state index in [4.69, 9.17) is 0 Å². The minimum Gasteiger partial charge on any atom is -0.309 e. The molecule has 142 valence electrons. The number of hydrogen-bond donors (Lipinski definition) is 0. The number of hydrogen-bond acceptors (Lipinski definition) is 2. The quantitative estimate of drug-likeness (QED) is 0.261. The molecule has 0 spiro atoms. The molecule has 0 aliphatic heterocycles. The van der Waals surface area contributed by atoms with Gasteiger partial charge in [0.2, 0.25) is 0 Å². The van der Waals surface area contributed by atoms with Crippen molar-refractivity contribution in [2.45, 2.75) is 13.8 Å². The van der Waals surface area contributed by atoms with Crippen LogP contribution in [0.2, 0.25) is 0 Å². The summed E-state index contributed by atoms with van der Waals surface area (Å²) >= 11 is 5.44. The number of benzene rings is 4. The molecular weight excluding hydrogens is 438 g/mol. The monoisotopic (exact) mass is 457 g/mol. The second-order valence-corrected chi connectivity index (χ2v) is 9.38. The maximum Gasteiger partial charge on any atom is 0.0640 e. The SMILES string of the molecule is Cc1cc(C)cc(N(c2ccc(Br)cc2)c2cccc3c2sc2ccccc23)c1. The van der Waals surface area contributed by atoms with Crippen molar-refractivity contribution < 1.29 is 0 Å². The fraction of sp³-hybridized carbons (Fsp3) is 0.0769. The molecule has 0 N–H and O–H groups in total. The summed E-state index contributed by atoms with van der Waals surface area (Å²) < 4.78 is 3.73. The average molecular weight is 458 g/mol. The van der Waals surface area contributed by atoms with Gasteiger partial charge in [-0.3, -0.25) is 0 Å². The van der Waals surface area contributed by atoms with Crippen LogP contribution in [-0.4, -0.2) is 0 Å². The molecular formula is C26H20BrNS. The molecule has 0 bridgehead atoms. The zero-order chi connectivity index (χ0) is 20.0. The molecule has 1 nitrogen and oxygen atoms in total. The highest BCUT2D eigenvalue weighted by Crippen LogP contribution is 2.44. The first-order chi connectivity index (χ1) is 14.1. The van der Waals surface area contributed by atoms with Gasteiger partial charge in [-0.15, -0.1) is 11.3 Å². The Hall–Kier alpha value is -2.62. The van der Waals surface area contributed by atoms with Gasteiger partial charge in [0.1, 0.15) is 0 Å². The van der Waals surface area contributed by atoms with Crippen LogP contribution in [0.5, 0.6) is 0 Å². The molecule has 0 fully saturated rings. The molecule has 4 aromatic carbocycles. The normalized spacial score (nSPS) is 11.3. The molecule has 0 atom stereocenters. The number of anilines is 3. The largest absolute Gasteiger partial charge is 0.309 e. The summed E-state index contributed by atoms with van der Waals surface area (Å²) in [5.41, 5.74) is 6.10. The number of fused-ring (bicyclic) bond motifs is 3. The van der Waals surface area contributed by atoms with Gasteiger partial charge < -0.3 is 4.90 Å². The van der Waals surface area contributed by atoms with Crippen LogP contribution >= 0.6 is 27.3 Å². The van der Waals surface area contributed by atoms with E-state index in [1.807, 2.05) is 11.3 Å². The van der Waals surface area contributed by atoms with Crippen LogP contribution in [0.3, 0.4) is 0 Å². The molecule has 5 aromatic rings. The van der Waals surface area contributed by atoms with E-state index in [1.165, 1.54) is 42.7 Å². The summed E-state index contributed by atoms with van der Waals surface area (Å²) in [6.45, 7) is 4.33. The predicted molar refractivity (Wildman–Crippen MR) is 131 cm³/mol. The number of rotatable bonds is 3. The first kappa shape index (κ1) is 18.4. The highest BCUT2D eigenvalue weighted by molar-refractivity contribution is 9.10. The van der Waals surface area contributed by atoms with E-state index < -0.39 is 0 Å². The fourth-order valence-corrected chi connectivity index (χ4v) is 5.48. The van der Waals surface area contributed by atoms with E-state index in [9.17, 15) is 0 Å². The molecule has 1 heterocycles. The molecule has 5 rings (SSSR count). The Balaban J connectivity index is 1.82. The maximum absolute atomic E-state index is 3.58. The molecule has 0 radical (unpaired) electrons. The predicted octanol–water partition coefficient (Wildman–Crippen LogP) is 8.90. The van der Waals surface area contributed by atoms with Crippen molar-refractivity contribution in [3.8, 4) is 0 Å². The Morgan fingerprint density at radius 1 is 0.690 bits per heavy atom. The number of aryl methyl sites for hydroxylation is 2. The summed E-state index contributed by atoms with van der Waals surface area (Å²) in [5.74, 6) is 0. The first-order valence-corrected chi connectivity index (χ1v) is 11.3. The van der Waals surface area contributed by atoms with Gasteiger partial charge in [-0.05, 0) is 73.5 Å². The molecule has 0 unspecified atom stereocenters. The van der Waals surface area contributed by atoms with Crippen LogP contribution in [0.15, 0.2) is 89.4 Å². The third-order valence-electron chi connectivity index (χ3n) is 5.17. The lowest BCUT2D eigenvalue weighted by atomic mass is 10.1. The Labute approximate surface area is 183 Å². The first-order valence-electron chi connectivity index (χ1n) is 9.64. The van der Waals surface area contributed by atoms with Gasteiger partial charge in [0.05, 0.1) is 10.4 Å². The van der Waals surface area contributed by atoms with Crippen molar-refractivity contribution in [3.05, 3.63) is 101 Å². The molecule has 0 aliphatic carbocycles. The van der Waals surface area contributed by atoms with E-state index in [1.54, 1.807) is 0 Å². The van der Waals surface area contributed by atoms with E-state index in [-0.39, 0.29) is 0 Å². The van der Waals surface area contributed by atoms with Gasteiger partial charge in [-0.25, -0.2) is 0 Å². The minimum atomic E-state index is 1.08.